The average Bonchev–Trinajstić information content (AvgIpc) is 2.32. The van der Waals surface area contributed by atoms with E-state index in [-0.39, 0.29) is 5.41 Å². The second-order valence-electron chi connectivity index (χ2n) is 5.84. The molecule has 0 atom stereocenters. The van der Waals surface area contributed by atoms with E-state index in [0.717, 1.165) is 11.3 Å². The van der Waals surface area contributed by atoms with Crippen LogP contribution < -0.4 is 11.1 Å². The molecule has 3 N–H and O–H groups in total. The molecule has 1 heterocycles. The third kappa shape index (κ3) is 3.39. The number of halogens is 1. The lowest BCUT2D eigenvalue weighted by Gasteiger charge is -2.18. The largest absolute Gasteiger partial charge is 0.384 e. The number of aryl methyl sites for hydroxylation is 1. The molecular weight excluding hydrogens is 272 g/mol. The highest BCUT2D eigenvalue weighted by atomic mass is 35.5. The highest BCUT2D eigenvalue weighted by Gasteiger charge is 2.18. The molecule has 2 aromatic rings. The van der Waals surface area contributed by atoms with Crippen LogP contribution in [0.2, 0.25) is 5.02 Å². The molecule has 0 unspecified atom stereocenters. The summed E-state index contributed by atoms with van der Waals surface area (Å²) < 4.78 is 0. The fraction of sp³-hybridized carbons (Fsp3) is 0.333. The molecule has 0 bridgehead atoms. The van der Waals surface area contributed by atoms with Crippen molar-refractivity contribution in [2.75, 3.05) is 11.1 Å². The maximum Gasteiger partial charge on any atom is 0.138 e. The van der Waals surface area contributed by atoms with E-state index in [4.69, 9.17) is 17.3 Å². The van der Waals surface area contributed by atoms with E-state index < -0.39 is 0 Å². The third-order valence-corrected chi connectivity index (χ3v) is 3.11. The molecule has 0 saturated carbocycles. The lowest BCUT2D eigenvalue weighted by molar-refractivity contribution is 0.547. The fourth-order valence-corrected chi connectivity index (χ4v) is 1.90. The summed E-state index contributed by atoms with van der Waals surface area (Å²) in [4.78, 5) is 8.81. The van der Waals surface area contributed by atoms with Crippen LogP contribution in [0.5, 0.6) is 0 Å². The minimum Gasteiger partial charge on any atom is -0.384 e. The molecule has 106 valence electrons. The Morgan fingerprint density at radius 1 is 1.15 bits per heavy atom. The highest BCUT2D eigenvalue weighted by molar-refractivity contribution is 6.30. The Morgan fingerprint density at radius 2 is 1.85 bits per heavy atom. The van der Waals surface area contributed by atoms with Gasteiger partial charge in [0.05, 0.1) is 0 Å². The van der Waals surface area contributed by atoms with Crippen LogP contribution in [0.4, 0.5) is 17.3 Å². The van der Waals surface area contributed by atoms with Crippen molar-refractivity contribution in [1.29, 1.82) is 0 Å². The van der Waals surface area contributed by atoms with E-state index in [1.165, 1.54) is 0 Å². The molecule has 5 heteroatoms. The maximum absolute atomic E-state index is 6.02. The van der Waals surface area contributed by atoms with Crippen LogP contribution in [-0.4, -0.2) is 9.97 Å². The fourth-order valence-electron chi connectivity index (χ4n) is 1.73. The third-order valence-electron chi connectivity index (χ3n) is 2.88. The SMILES string of the molecule is Cc1ccc(Cl)cc1Nc1cc(N)nc(C(C)(C)C)n1. The van der Waals surface area contributed by atoms with Crippen molar-refractivity contribution < 1.29 is 0 Å². The van der Waals surface area contributed by atoms with Crippen LogP contribution >= 0.6 is 11.6 Å². The Morgan fingerprint density at radius 3 is 2.50 bits per heavy atom. The minimum atomic E-state index is -0.158. The van der Waals surface area contributed by atoms with Crippen LogP contribution in [0.3, 0.4) is 0 Å². The second kappa shape index (κ2) is 5.29. The molecule has 0 saturated heterocycles. The molecule has 0 aliphatic rings. The first kappa shape index (κ1) is 14.6. The number of hydrogen-bond acceptors (Lipinski definition) is 4. The number of hydrogen-bond donors (Lipinski definition) is 2. The number of anilines is 3. The van der Waals surface area contributed by atoms with Crippen molar-refractivity contribution in [3.8, 4) is 0 Å². The van der Waals surface area contributed by atoms with Gasteiger partial charge in [0.15, 0.2) is 0 Å². The van der Waals surface area contributed by atoms with Gasteiger partial charge < -0.3 is 11.1 Å². The van der Waals surface area contributed by atoms with Crippen LogP contribution in [0.25, 0.3) is 0 Å². The molecule has 0 spiro atoms. The lowest BCUT2D eigenvalue weighted by atomic mass is 9.96. The Balaban J connectivity index is 2.39. The summed E-state index contributed by atoms with van der Waals surface area (Å²) in [7, 11) is 0. The van der Waals surface area contributed by atoms with E-state index in [1.54, 1.807) is 6.07 Å². The molecule has 20 heavy (non-hydrogen) atoms. The number of nitrogens with one attached hydrogen (secondary N) is 1. The summed E-state index contributed by atoms with van der Waals surface area (Å²) in [6, 6.07) is 7.40. The van der Waals surface area contributed by atoms with Gasteiger partial charge in [0, 0.05) is 22.2 Å². The number of nitrogens with zero attached hydrogens (tertiary/aromatic N) is 2. The zero-order chi connectivity index (χ0) is 14.9. The summed E-state index contributed by atoms with van der Waals surface area (Å²) >= 11 is 6.02. The summed E-state index contributed by atoms with van der Waals surface area (Å²) in [6.45, 7) is 8.16. The van der Waals surface area contributed by atoms with Crippen molar-refractivity contribution in [3.05, 3.63) is 40.7 Å². The molecule has 0 radical (unpaired) electrons. The number of nitrogens with two attached hydrogens (primary N) is 1. The van der Waals surface area contributed by atoms with Crippen LogP contribution in [0.1, 0.15) is 32.2 Å². The van der Waals surface area contributed by atoms with Gasteiger partial charge in [-0.15, -0.1) is 0 Å². The Bertz CT molecular complexity index is 632. The van der Waals surface area contributed by atoms with Gasteiger partial charge in [0.2, 0.25) is 0 Å². The van der Waals surface area contributed by atoms with Crippen LogP contribution in [0, 0.1) is 6.92 Å². The smallest absolute Gasteiger partial charge is 0.138 e. The minimum absolute atomic E-state index is 0.158. The van der Waals surface area contributed by atoms with E-state index in [1.807, 2.05) is 25.1 Å². The van der Waals surface area contributed by atoms with Gasteiger partial charge in [-0.3, -0.25) is 0 Å². The van der Waals surface area contributed by atoms with Crippen molar-refractivity contribution in [2.24, 2.45) is 0 Å². The van der Waals surface area contributed by atoms with Crippen LogP contribution in [-0.2, 0) is 5.41 Å². The van der Waals surface area contributed by atoms with E-state index >= 15 is 0 Å². The van der Waals surface area contributed by atoms with Gasteiger partial charge in [-0.05, 0) is 24.6 Å². The average molecular weight is 291 g/mol. The molecule has 1 aromatic carbocycles. The van der Waals surface area contributed by atoms with E-state index in [2.05, 4.69) is 36.1 Å². The number of benzene rings is 1. The topological polar surface area (TPSA) is 63.8 Å². The zero-order valence-corrected chi connectivity index (χ0v) is 12.9. The molecule has 1 aromatic heterocycles. The van der Waals surface area contributed by atoms with Crippen molar-refractivity contribution in [3.63, 3.8) is 0 Å². The molecule has 0 amide bonds. The first-order chi connectivity index (χ1) is 9.25. The first-order valence-electron chi connectivity index (χ1n) is 6.44. The summed E-state index contributed by atoms with van der Waals surface area (Å²) in [5, 5.41) is 3.93. The molecule has 4 nitrogen and oxygen atoms in total. The number of rotatable bonds is 2. The molecule has 0 fully saturated rings. The maximum atomic E-state index is 6.02. The zero-order valence-electron chi connectivity index (χ0n) is 12.2. The van der Waals surface area contributed by atoms with Gasteiger partial charge in [-0.2, -0.15) is 0 Å². The van der Waals surface area contributed by atoms with Crippen molar-refractivity contribution in [1.82, 2.24) is 9.97 Å². The van der Waals surface area contributed by atoms with Gasteiger partial charge >= 0.3 is 0 Å². The lowest BCUT2D eigenvalue weighted by Crippen LogP contribution is -2.17. The summed E-state index contributed by atoms with van der Waals surface area (Å²) in [5.41, 5.74) is 7.70. The molecular formula is C15H19ClN4. The molecule has 0 aliphatic heterocycles. The van der Waals surface area contributed by atoms with Gasteiger partial charge in [-0.25, -0.2) is 9.97 Å². The molecule has 0 aliphatic carbocycles. The standard InChI is InChI=1S/C15H19ClN4/c1-9-5-6-10(16)7-11(9)18-13-8-12(17)19-14(20-13)15(2,3)4/h5-8H,1-4H3,(H3,17,18,19,20). The van der Waals surface area contributed by atoms with Gasteiger partial charge in [0.1, 0.15) is 17.5 Å². The predicted octanol–water partition coefficient (Wildman–Crippen LogP) is 4.06. The Kier molecular flexibility index (Phi) is 3.86. The summed E-state index contributed by atoms with van der Waals surface area (Å²) in [6.07, 6.45) is 0. The second-order valence-corrected chi connectivity index (χ2v) is 6.27. The van der Waals surface area contributed by atoms with E-state index in [9.17, 15) is 0 Å². The van der Waals surface area contributed by atoms with E-state index in [0.29, 0.717) is 22.5 Å². The normalized spacial score (nSPS) is 11.4. The summed E-state index contributed by atoms with van der Waals surface area (Å²) in [5.74, 6) is 1.83. The van der Waals surface area contributed by atoms with Gasteiger partial charge in [-0.1, -0.05) is 38.4 Å². The first-order valence-corrected chi connectivity index (χ1v) is 6.82. The van der Waals surface area contributed by atoms with Crippen molar-refractivity contribution >= 4 is 28.9 Å². The Labute approximate surface area is 124 Å². The monoisotopic (exact) mass is 290 g/mol. The Hall–Kier alpha value is -1.81. The van der Waals surface area contributed by atoms with Crippen molar-refractivity contribution in [2.45, 2.75) is 33.1 Å². The molecule has 2 rings (SSSR count). The van der Waals surface area contributed by atoms with Crippen LogP contribution in [0.15, 0.2) is 24.3 Å². The predicted molar refractivity (Wildman–Crippen MR) is 84.6 cm³/mol. The number of nitrogen functional groups attached to an aromatic ring is 1. The van der Waals surface area contributed by atoms with Gasteiger partial charge in [0.25, 0.3) is 0 Å². The quantitative estimate of drug-likeness (QED) is 0.875. The number of aromatic nitrogens is 2. The highest BCUT2D eigenvalue weighted by Crippen LogP contribution is 2.26.